The number of fused-ring (bicyclic) bond motifs is 1. The minimum atomic E-state index is -0.929. The topological polar surface area (TPSA) is 55.1 Å². The van der Waals surface area contributed by atoms with E-state index in [2.05, 4.69) is 20.9 Å². The Balaban J connectivity index is 2.84. The maximum absolute atomic E-state index is 11.0. The van der Waals surface area contributed by atoms with Gasteiger partial charge in [-0.3, -0.25) is 0 Å². The molecule has 0 aliphatic carbocycles. The van der Waals surface area contributed by atoms with Gasteiger partial charge in [0.25, 0.3) is 0 Å². The van der Waals surface area contributed by atoms with Crippen LogP contribution in [0.1, 0.15) is 17.4 Å². The van der Waals surface area contributed by atoms with Gasteiger partial charge in [-0.15, -0.1) is 0 Å². The average molecular weight is 269 g/mol. The van der Waals surface area contributed by atoms with E-state index in [4.69, 9.17) is 5.11 Å². The highest BCUT2D eigenvalue weighted by Crippen LogP contribution is 2.25. The lowest BCUT2D eigenvalue weighted by Crippen LogP contribution is -2.07. The van der Waals surface area contributed by atoms with Crippen molar-refractivity contribution in [1.29, 1.82) is 0 Å². The lowest BCUT2D eigenvalue weighted by molar-refractivity contribution is 0.0686. The Morgan fingerprint density at radius 2 is 2.40 bits per heavy atom. The zero-order valence-corrected chi connectivity index (χ0v) is 9.65. The Morgan fingerprint density at radius 1 is 1.67 bits per heavy atom. The predicted molar refractivity (Wildman–Crippen MR) is 60.1 cm³/mol. The van der Waals surface area contributed by atoms with Crippen LogP contribution in [-0.2, 0) is 6.54 Å². The summed E-state index contributed by atoms with van der Waals surface area (Å²) in [6, 6.07) is 3.44. The number of carboxylic acids is 1. The monoisotopic (exact) mass is 268 g/mol. The quantitative estimate of drug-likeness (QED) is 0.911. The van der Waals surface area contributed by atoms with E-state index in [1.165, 1.54) is 0 Å². The molecule has 0 atom stereocenters. The van der Waals surface area contributed by atoms with Gasteiger partial charge in [0, 0.05) is 22.6 Å². The summed E-state index contributed by atoms with van der Waals surface area (Å²) < 4.78 is 2.55. The fourth-order valence-electron chi connectivity index (χ4n) is 1.61. The Labute approximate surface area is 94.7 Å². The van der Waals surface area contributed by atoms with Gasteiger partial charge in [0.1, 0.15) is 11.3 Å². The van der Waals surface area contributed by atoms with E-state index < -0.39 is 5.97 Å². The molecule has 4 nitrogen and oxygen atoms in total. The Bertz CT molecular complexity index is 533. The second kappa shape index (κ2) is 3.66. The van der Waals surface area contributed by atoms with Crippen LogP contribution in [0.15, 0.2) is 22.8 Å². The molecule has 2 aromatic rings. The van der Waals surface area contributed by atoms with Crippen LogP contribution in [0.2, 0.25) is 0 Å². The predicted octanol–water partition coefficient (Wildman–Crippen LogP) is 2.52. The number of halogens is 1. The van der Waals surface area contributed by atoms with Gasteiger partial charge >= 0.3 is 5.97 Å². The molecule has 0 aliphatic rings. The summed E-state index contributed by atoms with van der Waals surface area (Å²) in [7, 11) is 0. The van der Waals surface area contributed by atoms with Crippen molar-refractivity contribution >= 4 is 32.9 Å². The summed E-state index contributed by atoms with van der Waals surface area (Å²) in [5, 5.41) is 9.86. The van der Waals surface area contributed by atoms with Crippen molar-refractivity contribution in [3.63, 3.8) is 0 Å². The first kappa shape index (κ1) is 10.2. The number of pyridine rings is 1. The lowest BCUT2D eigenvalue weighted by Gasteiger charge is -2.02. The van der Waals surface area contributed by atoms with E-state index in [1.807, 2.05) is 6.92 Å². The number of aryl methyl sites for hydroxylation is 1. The van der Waals surface area contributed by atoms with Gasteiger partial charge in [0.2, 0.25) is 0 Å². The number of aromatic nitrogens is 2. The standard InChI is InChI=1S/C10H9BrN2O2/c1-2-13-8(10(14)15)5-6-7(11)3-4-12-9(6)13/h3-5H,2H2,1H3,(H,14,15). The van der Waals surface area contributed by atoms with Gasteiger partial charge in [-0.05, 0) is 35.0 Å². The van der Waals surface area contributed by atoms with Gasteiger partial charge in [-0.25, -0.2) is 9.78 Å². The lowest BCUT2D eigenvalue weighted by atomic mass is 10.3. The van der Waals surface area contributed by atoms with E-state index in [1.54, 1.807) is 22.9 Å². The maximum atomic E-state index is 11.0. The summed E-state index contributed by atoms with van der Waals surface area (Å²) in [5.41, 5.74) is 0.969. The van der Waals surface area contributed by atoms with Gasteiger partial charge < -0.3 is 9.67 Å². The van der Waals surface area contributed by atoms with Crippen LogP contribution in [-0.4, -0.2) is 20.6 Å². The third kappa shape index (κ3) is 1.52. The Hall–Kier alpha value is -1.36. The van der Waals surface area contributed by atoms with Crippen molar-refractivity contribution in [3.8, 4) is 0 Å². The van der Waals surface area contributed by atoms with Crippen molar-refractivity contribution in [1.82, 2.24) is 9.55 Å². The minimum absolute atomic E-state index is 0.270. The van der Waals surface area contributed by atoms with E-state index in [9.17, 15) is 4.79 Å². The van der Waals surface area contributed by atoms with Crippen molar-refractivity contribution in [3.05, 3.63) is 28.5 Å². The molecule has 0 fully saturated rings. The molecule has 2 rings (SSSR count). The Kier molecular flexibility index (Phi) is 2.48. The van der Waals surface area contributed by atoms with Gasteiger partial charge in [0.15, 0.2) is 0 Å². The fraction of sp³-hybridized carbons (Fsp3) is 0.200. The largest absolute Gasteiger partial charge is 0.477 e. The first-order chi connectivity index (χ1) is 7.15. The molecule has 0 radical (unpaired) electrons. The van der Waals surface area contributed by atoms with E-state index in [0.717, 1.165) is 9.86 Å². The van der Waals surface area contributed by atoms with Gasteiger partial charge in [-0.1, -0.05) is 0 Å². The highest BCUT2D eigenvalue weighted by molar-refractivity contribution is 9.10. The van der Waals surface area contributed by atoms with E-state index in [-0.39, 0.29) is 5.69 Å². The van der Waals surface area contributed by atoms with Crippen LogP contribution in [0.5, 0.6) is 0 Å². The normalized spacial score (nSPS) is 10.8. The van der Waals surface area contributed by atoms with Crippen molar-refractivity contribution < 1.29 is 9.90 Å². The molecular formula is C10H9BrN2O2. The third-order valence-electron chi connectivity index (χ3n) is 2.28. The van der Waals surface area contributed by atoms with Crippen LogP contribution in [0.25, 0.3) is 11.0 Å². The molecule has 2 aromatic heterocycles. The van der Waals surface area contributed by atoms with Crippen molar-refractivity contribution in [2.45, 2.75) is 13.5 Å². The number of hydrogen-bond acceptors (Lipinski definition) is 2. The molecule has 0 bridgehead atoms. The van der Waals surface area contributed by atoms with Gasteiger partial charge in [0.05, 0.1) is 0 Å². The molecule has 0 aliphatic heterocycles. The zero-order chi connectivity index (χ0) is 11.0. The smallest absolute Gasteiger partial charge is 0.352 e. The van der Waals surface area contributed by atoms with Crippen molar-refractivity contribution in [2.24, 2.45) is 0 Å². The first-order valence-corrected chi connectivity index (χ1v) is 5.31. The average Bonchev–Trinajstić information content (AvgIpc) is 2.57. The van der Waals surface area contributed by atoms with Crippen LogP contribution < -0.4 is 0 Å². The van der Waals surface area contributed by atoms with E-state index >= 15 is 0 Å². The summed E-state index contributed by atoms with van der Waals surface area (Å²) in [6.45, 7) is 2.49. The molecule has 5 heteroatoms. The van der Waals surface area contributed by atoms with Crippen LogP contribution in [0, 0.1) is 0 Å². The second-order valence-electron chi connectivity index (χ2n) is 3.11. The molecule has 0 saturated carbocycles. The number of hydrogen-bond donors (Lipinski definition) is 1. The molecular weight excluding hydrogens is 260 g/mol. The Morgan fingerprint density at radius 3 is 3.00 bits per heavy atom. The molecule has 15 heavy (non-hydrogen) atoms. The molecule has 0 amide bonds. The minimum Gasteiger partial charge on any atom is -0.477 e. The number of nitrogens with zero attached hydrogens (tertiary/aromatic N) is 2. The van der Waals surface area contributed by atoms with Crippen LogP contribution >= 0.6 is 15.9 Å². The highest BCUT2D eigenvalue weighted by atomic mass is 79.9. The SMILES string of the molecule is CCn1c(C(=O)O)cc2c(Br)ccnc21. The zero-order valence-electron chi connectivity index (χ0n) is 8.07. The summed E-state index contributed by atoms with van der Waals surface area (Å²) in [4.78, 5) is 15.2. The summed E-state index contributed by atoms with van der Waals surface area (Å²) in [5.74, 6) is -0.929. The first-order valence-electron chi connectivity index (χ1n) is 4.52. The fourth-order valence-corrected chi connectivity index (χ4v) is 2.02. The summed E-state index contributed by atoms with van der Waals surface area (Å²) in [6.07, 6.45) is 1.66. The number of carbonyl (C=O) groups is 1. The summed E-state index contributed by atoms with van der Waals surface area (Å²) >= 11 is 3.38. The van der Waals surface area contributed by atoms with Crippen LogP contribution in [0.4, 0.5) is 0 Å². The molecule has 2 heterocycles. The second-order valence-corrected chi connectivity index (χ2v) is 3.96. The molecule has 0 aromatic carbocycles. The maximum Gasteiger partial charge on any atom is 0.352 e. The molecule has 0 saturated heterocycles. The number of carboxylic acid groups (broad SMARTS) is 1. The van der Waals surface area contributed by atoms with Crippen molar-refractivity contribution in [2.75, 3.05) is 0 Å². The number of rotatable bonds is 2. The molecule has 0 unspecified atom stereocenters. The van der Waals surface area contributed by atoms with E-state index in [0.29, 0.717) is 12.2 Å². The number of aromatic carboxylic acids is 1. The molecule has 78 valence electrons. The third-order valence-corrected chi connectivity index (χ3v) is 2.97. The van der Waals surface area contributed by atoms with Gasteiger partial charge in [-0.2, -0.15) is 0 Å². The van der Waals surface area contributed by atoms with Crippen LogP contribution in [0.3, 0.4) is 0 Å². The molecule has 1 N–H and O–H groups in total. The highest BCUT2D eigenvalue weighted by Gasteiger charge is 2.15. The molecule has 0 spiro atoms.